The number of hydrogen-bond donors (Lipinski definition) is 0. The van der Waals surface area contributed by atoms with E-state index in [4.69, 9.17) is 4.74 Å². The highest BCUT2D eigenvalue weighted by molar-refractivity contribution is 9.09. The Labute approximate surface area is 120 Å². The molecule has 0 bridgehead atoms. The van der Waals surface area contributed by atoms with E-state index in [9.17, 15) is 0 Å². The van der Waals surface area contributed by atoms with Gasteiger partial charge in [0.05, 0.1) is 21.3 Å². The van der Waals surface area contributed by atoms with Crippen molar-refractivity contribution in [2.45, 2.75) is 36.6 Å². The molecular weight excluding hydrogens is 310 g/mol. The molecule has 0 spiro atoms. The summed E-state index contributed by atoms with van der Waals surface area (Å²) in [5, 5.41) is 1.20. The smallest absolute Gasteiger partial charge is 0.0950 e. The fraction of sp³-hybridized carbons (Fsp3) is 0.500. The van der Waals surface area contributed by atoms with Gasteiger partial charge in [0, 0.05) is 17.9 Å². The molecule has 1 aromatic carbocycles. The van der Waals surface area contributed by atoms with Crippen molar-refractivity contribution >= 4 is 37.5 Å². The lowest BCUT2D eigenvalue weighted by Crippen LogP contribution is -2.29. The lowest BCUT2D eigenvalue weighted by Gasteiger charge is -2.26. The third kappa shape index (κ3) is 2.76. The molecule has 96 valence electrons. The van der Waals surface area contributed by atoms with E-state index in [1.807, 2.05) is 6.07 Å². The number of halogens is 1. The zero-order valence-corrected chi connectivity index (χ0v) is 12.5. The van der Waals surface area contributed by atoms with E-state index >= 15 is 0 Å². The summed E-state index contributed by atoms with van der Waals surface area (Å²) in [6.45, 7) is 0.909. The Hall–Kier alpha value is -0.450. The van der Waals surface area contributed by atoms with Crippen molar-refractivity contribution in [2.24, 2.45) is 0 Å². The number of aromatic nitrogens is 1. The molecule has 1 fully saturated rings. The van der Waals surface area contributed by atoms with Gasteiger partial charge in [-0.15, -0.1) is 11.3 Å². The molecule has 1 aliphatic heterocycles. The SMILES string of the molecule is BrC(Cc1nc2ccccc2s1)C1CCCCO1. The molecule has 4 heteroatoms. The first kappa shape index (κ1) is 12.6. The number of ether oxygens (including phenoxy) is 1. The molecule has 0 N–H and O–H groups in total. The fourth-order valence-electron chi connectivity index (χ4n) is 2.36. The van der Waals surface area contributed by atoms with Crippen LogP contribution in [0.4, 0.5) is 0 Å². The minimum Gasteiger partial charge on any atom is -0.377 e. The third-order valence-electron chi connectivity index (χ3n) is 3.33. The highest BCUT2D eigenvalue weighted by Crippen LogP contribution is 2.27. The zero-order valence-electron chi connectivity index (χ0n) is 10.1. The molecule has 2 nitrogen and oxygen atoms in total. The second-order valence-electron chi connectivity index (χ2n) is 4.70. The van der Waals surface area contributed by atoms with E-state index in [0.717, 1.165) is 18.5 Å². The number of nitrogens with zero attached hydrogens (tertiary/aromatic N) is 1. The van der Waals surface area contributed by atoms with Gasteiger partial charge in [-0.25, -0.2) is 4.98 Å². The number of benzene rings is 1. The van der Waals surface area contributed by atoms with Crippen LogP contribution in [0.15, 0.2) is 24.3 Å². The summed E-state index contributed by atoms with van der Waals surface area (Å²) in [5.74, 6) is 0. The van der Waals surface area contributed by atoms with Crippen LogP contribution < -0.4 is 0 Å². The largest absolute Gasteiger partial charge is 0.377 e. The number of hydrogen-bond acceptors (Lipinski definition) is 3. The van der Waals surface area contributed by atoms with Gasteiger partial charge in [-0.1, -0.05) is 28.1 Å². The quantitative estimate of drug-likeness (QED) is 0.790. The maximum Gasteiger partial charge on any atom is 0.0950 e. The number of para-hydroxylation sites is 1. The van der Waals surface area contributed by atoms with Gasteiger partial charge >= 0.3 is 0 Å². The van der Waals surface area contributed by atoms with E-state index < -0.39 is 0 Å². The summed E-state index contributed by atoms with van der Waals surface area (Å²) >= 11 is 5.57. The van der Waals surface area contributed by atoms with Crippen LogP contribution in [-0.2, 0) is 11.2 Å². The minimum atomic E-state index is 0.353. The molecule has 2 heterocycles. The summed E-state index contributed by atoms with van der Waals surface area (Å²) in [5.41, 5.74) is 1.11. The third-order valence-corrected chi connectivity index (χ3v) is 5.30. The Morgan fingerprint density at radius 2 is 2.28 bits per heavy atom. The van der Waals surface area contributed by atoms with Crippen molar-refractivity contribution in [3.63, 3.8) is 0 Å². The van der Waals surface area contributed by atoms with Crippen LogP contribution in [-0.4, -0.2) is 22.5 Å². The molecule has 1 saturated heterocycles. The first-order valence-corrected chi connectivity index (χ1v) is 8.16. The van der Waals surface area contributed by atoms with Crippen LogP contribution in [0, 0.1) is 0 Å². The van der Waals surface area contributed by atoms with Crippen LogP contribution >= 0.6 is 27.3 Å². The predicted molar refractivity (Wildman–Crippen MR) is 79.6 cm³/mol. The van der Waals surface area contributed by atoms with Crippen molar-refractivity contribution in [1.29, 1.82) is 0 Å². The molecule has 1 aliphatic rings. The van der Waals surface area contributed by atoms with Crippen LogP contribution in [0.1, 0.15) is 24.3 Å². The summed E-state index contributed by atoms with van der Waals surface area (Å²) in [6, 6.07) is 8.33. The van der Waals surface area contributed by atoms with Crippen LogP contribution in [0.2, 0.25) is 0 Å². The molecule has 1 aromatic heterocycles. The number of fused-ring (bicyclic) bond motifs is 1. The monoisotopic (exact) mass is 325 g/mol. The molecular formula is C14H16BrNOS. The Morgan fingerprint density at radius 1 is 1.39 bits per heavy atom. The van der Waals surface area contributed by atoms with Crippen molar-refractivity contribution in [1.82, 2.24) is 4.98 Å². The van der Waals surface area contributed by atoms with Crippen molar-refractivity contribution in [2.75, 3.05) is 6.61 Å². The Balaban J connectivity index is 1.71. The van der Waals surface area contributed by atoms with E-state index in [2.05, 4.69) is 39.1 Å². The maximum absolute atomic E-state index is 5.82. The van der Waals surface area contributed by atoms with Crippen molar-refractivity contribution in [3.05, 3.63) is 29.3 Å². The number of rotatable bonds is 3. The van der Waals surface area contributed by atoms with Gasteiger partial charge in [-0.3, -0.25) is 0 Å². The van der Waals surface area contributed by atoms with Crippen LogP contribution in [0.5, 0.6) is 0 Å². The fourth-order valence-corrected chi connectivity index (χ4v) is 4.32. The number of alkyl halides is 1. The maximum atomic E-state index is 5.82. The van der Waals surface area contributed by atoms with Gasteiger partial charge in [-0.05, 0) is 31.4 Å². The molecule has 2 aromatic rings. The van der Waals surface area contributed by atoms with Gasteiger partial charge in [0.15, 0.2) is 0 Å². The van der Waals surface area contributed by atoms with E-state index in [1.54, 1.807) is 11.3 Å². The van der Waals surface area contributed by atoms with Crippen LogP contribution in [0.25, 0.3) is 10.2 Å². The predicted octanol–water partition coefficient (Wildman–Crippen LogP) is 4.17. The van der Waals surface area contributed by atoms with Gasteiger partial charge in [0.2, 0.25) is 0 Å². The summed E-state index contributed by atoms with van der Waals surface area (Å²) in [6.07, 6.45) is 4.97. The Morgan fingerprint density at radius 3 is 3.06 bits per heavy atom. The normalized spacial score (nSPS) is 22.2. The van der Waals surface area contributed by atoms with E-state index in [0.29, 0.717) is 10.9 Å². The Kier molecular flexibility index (Phi) is 3.97. The lowest BCUT2D eigenvalue weighted by molar-refractivity contribution is 0.0164. The number of thiazole rings is 1. The van der Waals surface area contributed by atoms with E-state index in [-0.39, 0.29) is 0 Å². The molecule has 0 saturated carbocycles. The lowest BCUT2D eigenvalue weighted by atomic mass is 10.0. The van der Waals surface area contributed by atoms with Gasteiger partial charge in [-0.2, -0.15) is 0 Å². The first-order chi connectivity index (χ1) is 8.83. The summed E-state index contributed by atoms with van der Waals surface area (Å²) in [7, 11) is 0. The van der Waals surface area contributed by atoms with Crippen molar-refractivity contribution < 1.29 is 4.74 Å². The average Bonchev–Trinajstić information content (AvgIpc) is 2.82. The van der Waals surface area contributed by atoms with Gasteiger partial charge < -0.3 is 4.74 Å². The summed E-state index contributed by atoms with van der Waals surface area (Å²) < 4.78 is 7.09. The molecule has 2 atom stereocenters. The van der Waals surface area contributed by atoms with Gasteiger partial charge in [0.1, 0.15) is 0 Å². The van der Waals surface area contributed by atoms with Crippen molar-refractivity contribution in [3.8, 4) is 0 Å². The minimum absolute atomic E-state index is 0.353. The Bertz CT molecular complexity index is 488. The highest BCUT2D eigenvalue weighted by atomic mass is 79.9. The molecule has 18 heavy (non-hydrogen) atoms. The molecule has 0 amide bonds. The highest BCUT2D eigenvalue weighted by Gasteiger charge is 2.23. The molecule has 0 aliphatic carbocycles. The molecule has 3 rings (SSSR count). The van der Waals surface area contributed by atoms with E-state index in [1.165, 1.54) is 29.0 Å². The second-order valence-corrected chi connectivity index (χ2v) is 6.99. The van der Waals surface area contributed by atoms with Gasteiger partial charge in [0.25, 0.3) is 0 Å². The molecule has 2 unspecified atom stereocenters. The molecule has 0 radical (unpaired) electrons. The standard InChI is InChI=1S/C14H16BrNOS/c15-10(12-6-3-4-8-17-12)9-14-16-11-5-1-2-7-13(11)18-14/h1-2,5,7,10,12H,3-4,6,8-9H2. The summed E-state index contributed by atoms with van der Waals surface area (Å²) in [4.78, 5) is 5.07. The second kappa shape index (κ2) is 5.68. The average molecular weight is 326 g/mol. The topological polar surface area (TPSA) is 22.1 Å². The first-order valence-electron chi connectivity index (χ1n) is 6.43. The zero-order chi connectivity index (χ0) is 12.4. The van der Waals surface area contributed by atoms with Crippen LogP contribution in [0.3, 0.4) is 0 Å².